The maximum absolute atomic E-state index is 11.2. The molecule has 0 unspecified atom stereocenters. The van der Waals surface area contributed by atoms with Gasteiger partial charge < -0.3 is 5.32 Å². The highest BCUT2D eigenvalue weighted by molar-refractivity contribution is 7.14. The van der Waals surface area contributed by atoms with E-state index in [1.165, 1.54) is 11.3 Å². The number of rotatable bonds is 3. The third-order valence-electron chi connectivity index (χ3n) is 2.05. The summed E-state index contributed by atoms with van der Waals surface area (Å²) in [7, 11) is 0. The summed E-state index contributed by atoms with van der Waals surface area (Å²) >= 11 is 1.42. The third-order valence-corrected chi connectivity index (χ3v) is 2.81. The number of aromatic nitrogens is 2. The lowest BCUT2D eigenvalue weighted by Crippen LogP contribution is -2.08. The molecule has 5 heteroatoms. The Hall–Kier alpha value is -1.75. The van der Waals surface area contributed by atoms with E-state index in [2.05, 4.69) is 15.3 Å². The molecule has 0 spiro atoms. The average molecular weight is 233 g/mol. The van der Waals surface area contributed by atoms with Crippen LogP contribution in [0.4, 0.5) is 5.13 Å². The molecule has 0 atom stereocenters. The normalized spacial score (nSPS) is 10.1. The van der Waals surface area contributed by atoms with Crippen LogP contribution in [0.15, 0.2) is 29.9 Å². The van der Waals surface area contributed by atoms with Crippen LogP contribution >= 0.6 is 11.3 Å². The molecule has 0 aliphatic rings. The minimum absolute atomic E-state index is 0.0179. The highest BCUT2D eigenvalue weighted by atomic mass is 32.1. The molecular formula is C11H11N3OS. The van der Waals surface area contributed by atoms with Crippen molar-refractivity contribution in [3.05, 3.63) is 29.9 Å². The number of amides is 1. The van der Waals surface area contributed by atoms with Crippen LogP contribution in [0.2, 0.25) is 0 Å². The second-order valence-corrected chi connectivity index (χ2v) is 4.03. The van der Waals surface area contributed by atoms with Gasteiger partial charge in [0.25, 0.3) is 0 Å². The SMILES string of the molecule is CCC(=O)Nc1nc(-c2ccncc2)cs1. The largest absolute Gasteiger partial charge is 0.302 e. The number of pyridine rings is 1. The summed E-state index contributed by atoms with van der Waals surface area (Å²) in [5.41, 5.74) is 1.86. The van der Waals surface area contributed by atoms with E-state index >= 15 is 0 Å². The monoisotopic (exact) mass is 233 g/mol. The van der Waals surface area contributed by atoms with Gasteiger partial charge in [-0.2, -0.15) is 0 Å². The summed E-state index contributed by atoms with van der Waals surface area (Å²) < 4.78 is 0. The van der Waals surface area contributed by atoms with Gasteiger partial charge in [-0.3, -0.25) is 9.78 Å². The minimum Gasteiger partial charge on any atom is -0.302 e. The summed E-state index contributed by atoms with van der Waals surface area (Å²) in [5.74, 6) is -0.0179. The number of hydrogen-bond acceptors (Lipinski definition) is 4. The minimum atomic E-state index is -0.0179. The topological polar surface area (TPSA) is 54.9 Å². The van der Waals surface area contributed by atoms with Crippen molar-refractivity contribution in [1.29, 1.82) is 0 Å². The smallest absolute Gasteiger partial charge is 0.225 e. The molecule has 2 heterocycles. The Balaban J connectivity index is 2.17. The van der Waals surface area contributed by atoms with Crippen LogP contribution in [-0.4, -0.2) is 15.9 Å². The molecule has 82 valence electrons. The standard InChI is InChI=1S/C11H11N3OS/c1-2-10(15)14-11-13-9(7-16-11)8-3-5-12-6-4-8/h3-7H,2H2,1H3,(H,13,14,15). The maximum Gasteiger partial charge on any atom is 0.225 e. The average Bonchev–Trinajstić information content (AvgIpc) is 2.78. The summed E-state index contributed by atoms with van der Waals surface area (Å²) in [4.78, 5) is 19.4. The van der Waals surface area contributed by atoms with Gasteiger partial charge in [-0.05, 0) is 12.1 Å². The van der Waals surface area contributed by atoms with Gasteiger partial charge in [0.2, 0.25) is 5.91 Å². The van der Waals surface area contributed by atoms with Crippen LogP contribution < -0.4 is 5.32 Å². The molecule has 0 aliphatic carbocycles. The van der Waals surface area contributed by atoms with E-state index in [-0.39, 0.29) is 5.91 Å². The van der Waals surface area contributed by atoms with Crippen LogP contribution in [-0.2, 0) is 4.79 Å². The van der Waals surface area contributed by atoms with E-state index in [0.29, 0.717) is 11.6 Å². The van der Waals surface area contributed by atoms with Crippen LogP contribution in [0.1, 0.15) is 13.3 Å². The van der Waals surface area contributed by atoms with Crippen molar-refractivity contribution in [2.24, 2.45) is 0 Å². The molecule has 0 fully saturated rings. The second kappa shape index (κ2) is 4.85. The number of carbonyl (C=O) groups excluding carboxylic acids is 1. The highest BCUT2D eigenvalue weighted by Crippen LogP contribution is 2.24. The lowest BCUT2D eigenvalue weighted by molar-refractivity contribution is -0.115. The van der Waals surface area contributed by atoms with Crippen LogP contribution in [0, 0.1) is 0 Å². The fraction of sp³-hybridized carbons (Fsp3) is 0.182. The van der Waals surface area contributed by atoms with Crippen LogP contribution in [0.3, 0.4) is 0 Å². The number of anilines is 1. The van der Waals surface area contributed by atoms with E-state index < -0.39 is 0 Å². The lowest BCUT2D eigenvalue weighted by atomic mass is 10.2. The van der Waals surface area contributed by atoms with Gasteiger partial charge in [-0.15, -0.1) is 11.3 Å². The lowest BCUT2D eigenvalue weighted by Gasteiger charge is -1.97. The third kappa shape index (κ3) is 2.43. The van der Waals surface area contributed by atoms with Gasteiger partial charge in [0.05, 0.1) is 5.69 Å². The van der Waals surface area contributed by atoms with Gasteiger partial charge in [0, 0.05) is 29.8 Å². The van der Waals surface area contributed by atoms with Gasteiger partial charge in [0.1, 0.15) is 0 Å². The van der Waals surface area contributed by atoms with Crippen LogP contribution in [0.5, 0.6) is 0 Å². The molecule has 1 N–H and O–H groups in total. The van der Waals surface area contributed by atoms with E-state index in [0.717, 1.165) is 11.3 Å². The first-order valence-electron chi connectivity index (χ1n) is 4.95. The Morgan fingerprint density at radius 3 is 2.88 bits per heavy atom. The van der Waals surface area contributed by atoms with Crippen molar-refractivity contribution in [1.82, 2.24) is 9.97 Å². The van der Waals surface area contributed by atoms with Gasteiger partial charge >= 0.3 is 0 Å². The quantitative estimate of drug-likeness (QED) is 0.886. The zero-order valence-electron chi connectivity index (χ0n) is 8.80. The summed E-state index contributed by atoms with van der Waals surface area (Å²) in [5, 5.41) is 5.29. The van der Waals surface area contributed by atoms with Crippen LogP contribution in [0.25, 0.3) is 11.3 Å². The highest BCUT2D eigenvalue weighted by Gasteiger charge is 2.05. The number of thiazole rings is 1. The second-order valence-electron chi connectivity index (χ2n) is 3.18. The molecule has 0 saturated carbocycles. The first kappa shape index (κ1) is 10.8. The molecule has 2 aromatic heterocycles. The predicted octanol–water partition coefficient (Wildman–Crippen LogP) is 2.55. The van der Waals surface area contributed by atoms with Crippen molar-refractivity contribution >= 4 is 22.4 Å². The Labute approximate surface area is 97.4 Å². The van der Waals surface area contributed by atoms with Gasteiger partial charge in [-0.25, -0.2) is 4.98 Å². The molecule has 16 heavy (non-hydrogen) atoms. The molecule has 0 radical (unpaired) electrons. The molecule has 2 rings (SSSR count). The van der Waals surface area contributed by atoms with Crippen molar-refractivity contribution in [3.63, 3.8) is 0 Å². The first-order chi connectivity index (χ1) is 7.79. The van der Waals surface area contributed by atoms with E-state index in [1.807, 2.05) is 24.4 Å². The number of carbonyl (C=O) groups is 1. The fourth-order valence-electron chi connectivity index (χ4n) is 1.19. The maximum atomic E-state index is 11.2. The number of hydrogen-bond donors (Lipinski definition) is 1. The Bertz CT molecular complexity index is 481. The van der Waals surface area contributed by atoms with Gasteiger partial charge in [-0.1, -0.05) is 6.92 Å². The van der Waals surface area contributed by atoms with Crippen molar-refractivity contribution < 1.29 is 4.79 Å². The van der Waals surface area contributed by atoms with E-state index in [4.69, 9.17) is 0 Å². The molecule has 0 aliphatic heterocycles. The first-order valence-corrected chi connectivity index (χ1v) is 5.83. The molecule has 0 saturated heterocycles. The summed E-state index contributed by atoms with van der Waals surface area (Å²) in [6.45, 7) is 1.81. The molecule has 4 nitrogen and oxygen atoms in total. The summed E-state index contributed by atoms with van der Waals surface area (Å²) in [6.07, 6.45) is 3.90. The molecular weight excluding hydrogens is 222 g/mol. The fourth-order valence-corrected chi connectivity index (χ4v) is 1.93. The van der Waals surface area contributed by atoms with E-state index in [1.54, 1.807) is 12.4 Å². The molecule has 0 aromatic carbocycles. The molecule has 1 amide bonds. The van der Waals surface area contributed by atoms with E-state index in [9.17, 15) is 4.79 Å². The van der Waals surface area contributed by atoms with Crippen molar-refractivity contribution in [3.8, 4) is 11.3 Å². The van der Waals surface area contributed by atoms with Crippen molar-refractivity contribution in [2.45, 2.75) is 13.3 Å². The Kier molecular flexibility index (Phi) is 3.26. The number of nitrogens with zero attached hydrogens (tertiary/aromatic N) is 2. The molecule has 0 bridgehead atoms. The molecule has 2 aromatic rings. The summed E-state index contributed by atoms with van der Waals surface area (Å²) in [6, 6.07) is 3.78. The number of nitrogens with one attached hydrogen (secondary N) is 1. The zero-order chi connectivity index (χ0) is 11.4. The van der Waals surface area contributed by atoms with Gasteiger partial charge in [0.15, 0.2) is 5.13 Å². The Morgan fingerprint density at radius 1 is 1.44 bits per heavy atom. The zero-order valence-corrected chi connectivity index (χ0v) is 9.62. The van der Waals surface area contributed by atoms with Crippen molar-refractivity contribution in [2.75, 3.05) is 5.32 Å². The predicted molar refractivity (Wildman–Crippen MR) is 64.3 cm³/mol. The Morgan fingerprint density at radius 2 is 2.19 bits per heavy atom.